The first-order valence-corrected chi connectivity index (χ1v) is 6.63. The number of allylic oxidation sites excluding steroid dienone is 2. The zero-order valence-corrected chi connectivity index (χ0v) is 10.4. The SMILES string of the molecule is CC(F)C1=CC=C2[C@@H]3CNC=C(C3)CN2C2OC12. The van der Waals surface area contributed by atoms with Crippen LogP contribution >= 0.6 is 0 Å². The van der Waals surface area contributed by atoms with Crippen LogP contribution in [0.1, 0.15) is 13.3 Å². The van der Waals surface area contributed by atoms with Gasteiger partial charge in [-0.15, -0.1) is 0 Å². The van der Waals surface area contributed by atoms with Gasteiger partial charge in [-0.2, -0.15) is 0 Å². The smallest absolute Gasteiger partial charge is 0.161 e. The molecule has 4 rings (SSSR count). The number of halogens is 1. The van der Waals surface area contributed by atoms with Crippen LogP contribution in [0.25, 0.3) is 0 Å². The van der Waals surface area contributed by atoms with Crippen LogP contribution in [0.2, 0.25) is 0 Å². The van der Waals surface area contributed by atoms with Gasteiger partial charge in [-0.25, -0.2) is 4.39 Å². The van der Waals surface area contributed by atoms with Gasteiger partial charge in [-0.05, 0) is 36.8 Å². The molecule has 0 radical (unpaired) electrons. The molecule has 2 saturated heterocycles. The second-order valence-electron chi connectivity index (χ2n) is 5.56. The molecule has 18 heavy (non-hydrogen) atoms. The number of piperidine rings is 1. The van der Waals surface area contributed by atoms with Gasteiger partial charge in [0.05, 0.1) is 0 Å². The third-order valence-corrected chi connectivity index (χ3v) is 4.31. The molecule has 4 aliphatic heterocycles. The van der Waals surface area contributed by atoms with Crippen LogP contribution in [0.4, 0.5) is 4.39 Å². The van der Waals surface area contributed by atoms with E-state index in [0.29, 0.717) is 5.92 Å². The summed E-state index contributed by atoms with van der Waals surface area (Å²) in [5, 5.41) is 3.34. The van der Waals surface area contributed by atoms with Gasteiger partial charge < -0.3 is 15.0 Å². The average Bonchev–Trinajstić information content (AvgIpc) is 3.11. The van der Waals surface area contributed by atoms with Gasteiger partial charge in [-0.3, -0.25) is 0 Å². The molecule has 0 aromatic heterocycles. The predicted octanol–water partition coefficient (Wildman–Crippen LogP) is 1.70. The molecule has 4 aliphatic rings. The Morgan fingerprint density at radius 1 is 1.50 bits per heavy atom. The normalized spacial score (nSPS) is 38.2. The summed E-state index contributed by atoms with van der Waals surface area (Å²) in [4.78, 5) is 2.32. The topological polar surface area (TPSA) is 27.8 Å². The van der Waals surface area contributed by atoms with Crippen LogP contribution in [0.3, 0.4) is 0 Å². The summed E-state index contributed by atoms with van der Waals surface area (Å²) in [6, 6.07) is 0. The lowest BCUT2D eigenvalue weighted by molar-refractivity contribution is 0.186. The number of ether oxygens (including phenoxy) is 1. The maximum absolute atomic E-state index is 13.6. The van der Waals surface area contributed by atoms with Crippen molar-refractivity contribution in [3.05, 3.63) is 35.2 Å². The van der Waals surface area contributed by atoms with Crippen molar-refractivity contribution in [1.82, 2.24) is 10.2 Å². The van der Waals surface area contributed by atoms with Crippen molar-refractivity contribution in [2.45, 2.75) is 31.8 Å². The third-order valence-electron chi connectivity index (χ3n) is 4.31. The number of hydrogen-bond donors (Lipinski definition) is 1. The Kier molecular flexibility index (Phi) is 2.13. The minimum Gasteiger partial charge on any atom is -0.390 e. The van der Waals surface area contributed by atoms with E-state index in [0.717, 1.165) is 25.1 Å². The molecule has 3 nitrogen and oxygen atoms in total. The van der Waals surface area contributed by atoms with Gasteiger partial charge in [0.15, 0.2) is 6.23 Å². The van der Waals surface area contributed by atoms with Crippen molar-refractivity contribution in [3.8, 4) is 0 Å². The minimum absolute atomic E-state index is 0.0360. The van der Waals surface area contributed by atoms with E-state index in [1.54, 1.807) is 6.92 Å². The summed E-state index contributed by atoms with van der Waals surface area (Å²) >= 11 is 0. The Hall–Kier alpha value is -1.29. The third kappa shape index (κ3) is 1.45. The highest BCUT2D eigenvalue weighted by molar-refractivity contribution is 5.36. The number of nitrogens with zero attached hydrogens (tertiary/aromatic N) is 1. The number of nitrogens with one attached hydrogen (secondary N) is 1. The molecule has 2 bridgehead atoms. The van der Waals surface area contributed by atoms with Gasteiger partial charge in [0, 0.05) is 24.7 Å². The summed E-state index contributed by atoms with van der Waals surface area (Å²) in [5.74, 6) is 0.508. The molecule has 0 aliphatic carbocycles. The molecule has 0 amide bonds. The number of hydrogen-bond acceptors (Lipinski definition) is 3. The fourth-order valence-electron chi connectivity index (χ4n) is 3.35. The van der Waals surface area contributed by atoms with Crippen molar-refractivity contribution in [1.29, 1.82) is 0 Å². The van der Waals surface area contributed by atoms with Crippen molar-refractivity contribution in [3.63, 3.8) is 0 Å². The van der Waals surface area contributed by atoms with Crippen molar-refractivity contribution in [2.75, 3.05) is 13.1 Å². The monoisotopic (exact) mass is 248 g/mol. The van der Waals surface area contributed by atoms with Crippen LogP contribution in [-0.2, 0) is 4.74 Å². The van der Waals surface area contributed by atoms with E-state index in [-0.39, 0.29) is 12.3 Å². The molecular weight excluding hydrogens is 231 g/mol. The molecule has 0 spiro atoms. The minimum atomic E-state index is -0.921. The first kappa shape index (κ1) is 10.6. The number of epoxide rings is 1. The molecule has 0 aromatic rings. The molecule has 3 unspecified atom stereocenters. The summed E-state index contributed by atoms with van der Waals surface area (Å²) < 4.78 is 19.3. The molecule has 4 heterocycles. The molecule has 4 heteroatoms. The highest BCUT2D eigenvalue weighted by atomic mass is 19.1. The fourth-order valence-corrected chi connectivity index (χ4v) is 3.35. The highest BCUT2D eigenvalue weighted by Crippen LogP contribution is 2.44. The van der Waals surface area contributed by atoms with Crippen molar-refractivity contribution in [2.24, 2.45) is 5.92 Å². The summed E-state index contributed by atoms with van der Waals surface area (Å²) in [7, 11) is 0. The van der Waals surface area contributed by atoms with Gasteiger partial charge in [0.1, 0.15) is 12.3 Å². The van der Waals surface area contributed by atoms with Crippen LogP contribution in [-0.4, -0.2) is 36.5 Å². The van der Waals surface area contributed by atoms with Crippen LogP contribution in [0, 0.1) is 5.92 Å². The van der Waals surface area contributed by atoms with Gasteiger partial charge in [0.25, 0.3) is 0 Å². The first-order chi connectivity index (χ1) is 8.74. The number of fused-ring (bicyclic) bond motifs is 6. The van der Waals surface area contributed by atoms with Gasteiger partial charge in [0.2, 0.25) is 0 Å². The van der Waals surface area contributed by atoms with E-state index in [4.69, 9.17) is 4.74 Å². The summed E-state index contributed by atoms with van der Waals surface area (Å²) in [6.07, 6.45) is 6.40. The molecule has 2 fully saturated rings. The average molecular weight is 248 g/mol. The Morgan fingerprint density at radius 2 is 2.39 bits per heavy atom. The van der Waals surface area contributed by atoms with E-state index in [1.165, 1.54) is 11.3 Å². The van der Waals surface area contributed by atoms with Crippen LogP contribution in [0.5, 0.6) is 0 Å². The van der Waals surface area contributed by atoms with E-state index in [2.05, 4.69) is 22.5 Å². The quantitative estimate of drug-likeness (QED) is 0.716. The first-order valence-electron chi connectivity index (χ1n) is 6.63. The largest absolute Gasteiger partial charge is 0.390 e. The van der Waals surface area contributed by atoms with Crippen LogP contribution in [0.15, 0.2) is 35.2 Å². The Morgan fingerprint density at radius 3 is 3.22 bits per heavy atom. The van der Waals surface area contributed by atoms with E-state index >= 15 is 0 Å². The predicted molar refractivity (Wildman–Crippen MR) is 66.3 cm³/mol. The standard InChI is InChI=1S/C14H17FN2O/c1-8(15)11-2-3-12-10-4-9(5-16-6-10)7-17(12)14-13(11)18-14/h2-3,5,8,10,13-14,16H,4,6-7H2,1H3/t8?,10-,13?,14?/m0/s1. The second kappa shape index (κ2) is 3.60. The number of alkyl halides is 1. The zero-order chi connectivity index (χ0) is 12.3. The van der Waals surface area contributed by atoms with E-state index in [1.807, 2.05) is 6.08 Å². The Balaban J connectivity index is 1.72. The van der Waals surface area contributed by atoms with Crippen molar-refractivity contribution >= 4 is 0 Å². The summed E-state index contributed by atoms with van der Waals surface area (Å²) in [5.41, 5.74) is 3.52. The lowest BCUT2D eigenvalue weighted by Crippen LogP contribution is -2.43. The van der Waals surface area contributed by atoms with E-state index < -0.39 is 6.17 Å². The Labute approximate surface area is 106 Å². The molecule has 4 atom stereocenters. The molecular formula is C14H17FN2O. The second-order valence-corrected chi connectivity index (χ2v) is 5.56. The highest BCUT2D eigenvalue weighted by Gasteiger charge is 2.51. The lowest BCUT2D eigenvalue weighted by atomic mass is 9.88. The number of rotatable bonds is 1. The van der Waals surface area contributed by atoms with Gasteiger partial charge in [-0.1, -0.05) is 6.08 Å². The summed E-state index contributed by atoms with van der Waals surface area (Å²) in [6.45, 7) is 3.48. The maximum Gasteiger partial charge on any atom is 0.161 e. The van der Waals surface area contributed by atoms with Crippen LogP contribution < -0.4 is 5.32 Å². The fraction of sp³-hybridized carbons (Fsp3) is 0.571. The van der Waals surface area contributed by atoms with Gasteiger partial charge >= 0.3 is 0 Å². The maximum atomic E-state index is 13.6. The zero-order valence-electron chi connectivity index (χ0n) is 10.4. The molecule has 1 N–H and O–H groups in total. The van der Waals surface area contributed by atoms with E-state index in [9.17, 15) is 4.39 Å². The molecule has 0 saturated carbocycles. The molecule has 96 valence electrons. The lowest BCUT2D eigenvalue weighted by Gasteiger charge is -2.40. The Bertz CT molecular complexity index is 480. The van der Waals surface area contributed by atoms with Crippen molar-refractivity contribution < 1.29 is 9.13 Å². The molecule has 0 aromatic carbocycles.